The van der Waals surface area contributed by atoms with E-state index in [2.05, 4.69) is 0 Å². The molecule has 0 saturated carbocycles. The molecule has 1 heterocycles. The van der Waals surface area contributed by atoms with E-state index in [1.54, 1.807) is 12.1 Å². The van der Waals surface area contributed by atoms with Crippen LogP contribution in [0.5, 0.6) is 17.2 Å². The molecule has 0 fully saturated rings. The normalized spacial score (nSPS) is 14.6. The lowest BCUT2D eigenvalue weighted by Gasteiger charge is -2.14. The molecule has 0 N–H and O–H groups in total. The highest BCUT2D eigenvalue weighted by Crippen LogP contribution is 2.37. The van der Waals surface area contributed by atoms with E-state index >= 15 is 0 Å². The van der Waals surface area contributed by atoms with E-state index in [0.717, 1.165) is 12.7 Å². The summed E-state index contributed by atoms with van der Waals surface area (Å²) in [6, 6.07) is 3.35. The van der Waals surface area contributed by atoms with E-state index in [-0.39, 0.29) is 12.9 Å². The van der Waals surface area contributed by atoms with Gasteiger partial charge in [0.2, 0.25) is 6.79 Å². The first-order valence-electron chi connectivity index (χ1n) is 5.30. The van der Waals surface area contributed by atoms with Crippen LogP contribution >= 0.6 is 0 Å². The van der Waals surface area contributed by atoms with Crippen LogP contribution in [0.1, 0.15) is 30.6 Å². The van der Waals surface area contributed by atoms with Crippen molar-refractivity contribution >= 4 is 6.29 Å². The molecule has 86 valence electrons. The Kier molecular flexibility index (Phi) is 2.99. The Labute approximate surface area is 94.1 Å². The lowest BCUT2D eigenvalue weighted by Crippen LogP contribution is -2.11. The van der Waals surface area contributed by atoms with Crippen LogP contribution in [0.4, 0.5) is 0 Å². The van der Waals surface area contributed by atoms with Crippen molar-refractivity contribution < 1.29 is 19.0 Å². The second-order valence-corrected chi connectivity index (χ2v) is 3.70. The third-order valence-electron chi connectivity index (χ3n) is 2.54. The van der Waals surface area contributed by atoms with Gasteiger partial charge in [-0.05, 0) is 19.4 Å². The molecule has 0 radical (unpaired) electrons. The zero-order valence-electron chi connectivity index (χ0n) is 9.36. The summed E-state index contributed by atoms with van der Waals surface area (Å²) in [5.74, 6) is 1.77. The first-order chi connectivity index (χ1) is 7.74. The van der Waals surface area contributed by atoms with Gasteiger partial charge >= 0.3 is 0 Å². The maximum Gasteiger partial charge on any atom is 0.231 e. The Morgan fingerprint density at radius 2 is 2.12 bits per heavy atom. The predicted molar refractivity (Wildman–Crippen MR) is 58.3 cm³/mol. The van der Waals surface area contributed by atoms with Gasteiger partial charge in [0.05, 0.1) is 11.7 Å². The second-order valence-electron chi connectivity index (χ2n) is 3.70. The third-order valence-corrected chi connectivity index (χ3v) is 2.54. The summed E-state index contributed by atoms with van der Waals surface area (Å²) in [5.41, 5.74) is 0.490. The Morgan fingerprint density at radius 1 is 1.44 bits per heavy atom. The standard InChI is InChI=1S/C12H14O4/c1-3-8(2)16-10-5-12-11(14-7-15-12)4-9(10)6-13/h4-6,8H,3,7H2,1-2H3. The summed E-state index contributed by atoms with van der Waals surface area (Å²) in [5, 5.41) is 0. The maximum absolute atomic E-state index is 10.9. The molecule has 0 bridgehead atoms. The number of fused-ring (bicyclic) bond motifs is 1. The Bertz CT molecular complexity index is 400. The number of carbonyl (C=O) groups is 1. The van der Waals surface area contributed by atoms with Crippen LogP contribution < -0.4 is 14.2 Å². The highest BCUT2D eigenvalue weighted by molar-refractivity contribution is 5.81. The van der Waals surface area contributed by atoms with Gasteiger partial charge < -0.3 is 14.2 Å². The molecular weight excluding hydrogens is 208 g/mol. The minimum absolute atomic E-state index is 0.0686. The Hall–Kier alpha value is -1.71. The van der Waals surface area contributed by atoms with Crippen molar-refractivity contribution in [1.29, 1.82) is 0 Å². The van der Waals surface area contributed by atoms with Crippen LogP contribution in [-0.2, 0) is 0 Å². The average molecular weight is 222 g/mol. The van der Waals surface area contributed by atoms with E-state index < -0.39 is 0 Å². The van der Waals surface area contributed by atoms with Crippen molar-refractivity contribution in [3.05, 3.63) is 17.7 Å². The SMILES string of the molecule is CCC(C)Oc1cc2c(cc1C=O)OCO2. The van der Waals surface area contributed by atoms with Gasteiger partial charge in [-0.3, -0.25) is 4.79 Å². The van der Waals surface area contributed by atoms with Crippen LogP contribution in [-0.4, -0.2) is 19.2 Å². The zero-order valence-corrected chi connectivity index (χ0v) is 9.36. The summed E-state index contributed by atoms with van der Waals surface area (Å²) in [6.45, 7) is 4.18. The van der Waals surface area contributed by atoms with Gasteiger partial charge in [-0.2, -0.15) is 0 Å². The van der Waals surface area contributed by atoms with Crippen molar-refractivity contribution in [2.45, 2.75) is 26.4 Å². The topological polar surface area (TPSA) is 44.8 Å². The monoisotopic (exact) mass is 222 g/mol. The van der Waals surface area contributed by atoms with Gasteiger partial charge in [0, 0.05) is 6.07 Å². The van der Waals surface area contributed by atoms with Crippen LogP contribution in [0.3, 0.4) is 0 Å². The smallest absolute Gasteiger partial charge is 0.231 e. The largest absolute Gasteiger partial charge is 0.490 e. The fraction of sp³-hybridized carbons (Fsp3) is 0.417. The molecule has 1 atom stereocenters. The summed E-state index contributed by atoms with van der Waals surface area (Å²) in [6.07, 6.45) is 1.71. The van der Waals surface area contributed by atoms with Crippen molar-refractivity contribution in [3.8, 4) is 17.2 Å². The summed E-state index contributed by atoms with van der Waals surface area (Å²) < 4.78 is 16.1. The molecule has 0 spiro atoms. The van der Waals surface area contributed by atoms with Gasteiger partial charge in [0.15, 0.2) is 17.8 Å². The first kappa shape index (κ1) is 10.8. The lowest BCUT2D eigenvalue weighted by atomic mass is 10.2. The van der Waals surface area contributed by atoms with E-state index in [1.807, 2.05) is 13.8 Å². The van der Waals surface area contributed by atoms with Crippen molar-refractivity contribution in [2.24, 2.45) is 0 Å². The van der Waals surface area contributed by atoms with Gasteiger partial charge in [-0.15, -0.1) is 0 Å². The van der Waals surface area contributed by atoms with E-state index in [1.165, 1.54) is 0 Å². The molecule has 1 aliphatic rings. The molecule has 1 aromatic carbocycles. The van der Waals surface area contributed by atoms with Crippen molar-refractivity contribution in [3.63, 3.8) is 0 Å². The third kappa shape index (κ3) is 1.96. The number of carbonyl (C=O) groups excluding carboxylic acids is 1. The minimum Gasteiger partial charge on any atom is -0.490 e. The number of aldehydes is 1. The highest BCUT2D eigenvalue weighted by atomic mass is 16.7. The predicted octanol–water partition coefficient (Wildman–Crippen LogP) is 2.41. The van der Waals surface area contributed by atoms with Crippen molar-refractivity contribution in [1.82, 2.24) is 0 Å². The average Bonchev–Trinajstić information content (AvgIpc) is 2.74. The van der Waals surface area contributed by atoms with Crippen LogP contribution in [0.25, 0.3) is 0 Å². The highest BCUT2D eigenvalue weighted by Gasteiger charge is 2.18. The van der Waals surface area contributed by atoms with Crippen LogP contribution in [0.15, 0.2) is 12.1 Å². The number of benzene rings is 1. The molecule has 0 aliphatic carbocycles. The number of hydrogen-bond acceptors (Lipinski definition) is 4. The Balaban J connectivity index is 2.32. The second kappa shape index (κ2) is 4.43. The number of ether oxygens (including phenoxy) is 3. The minimum atomic E-state index is 0.0686. The molecule has 0 aromatic heterocycles. The summed E-state index contributed by atoms with van der Waals surface area (Å²) >= 11 is 0. The van der Waals surface area contributed by atoms with Crippen LogP contribution in [0.2, 0.25) is 0 Å². The lowest BCUT2D eigenvalue weighted by molar-refractivity contribution is 0.111. The quantitative estimate of drug-likeness (QED) is 0.734. The van der Waals surface area contributed by atoms with Gasteiger partial charge in [-0.25, -0.2) is 0 Å². The molecule has 1 aliphatic heterocycles. The van der Waals surface area contributed by atoms with E-state index in [0.29, 0.717) is 22.8 Å². The number of rotatable bonds is 4. The van der Waals surface area contributed by atoms with Gasteiger partial charge in [-0.1, -0.05) is 6.92 Å². The van der Waals surface area contributed by atoms with Crippen molar-refractivity contribution in [2.75, 3.05) is 6.79 Å². The number of hydrogen-bond donors (Lipinski definition) is 0. The van der Waals surface area contributed by atoms with E-state index in [4.69, 9.17) is 14.2 Å². The first-order valence-corrected chi connectivity index (χ1v) is 5.30. The molecule has 2 rings (SSSR count). The maximum atomic E-state index is 10.9. The fourth-order valence-electron chi connectivity index (χ4n) is 1.43. The zero-order chi connectivity index (χ0) is 11.5. The molecule has 4 nitrogen and oxygen atoms in total. The molecule has 0 amide bonds. The Morgan fingerprint density at radius 3 is 2.75 bits per heavy atom. The molecule has 4 heteroatoms. The molecular formula is C12H14O4. The molecule has 1 unspecified atom stereocenters. The van der Waals surface area contributed by atoms with Gasteiger partial charge in [0.25, 0.3) is 0 Å². The molecule has 1 aromatic rings. The molecule has 16 heavy (non-hydrogen) atoms. The van der Waals surface area contributed by atoms with E-state index in [9.17, 15) is 4.79 Å². The molecule has 0 saturated heterocycles. The summed E-state index contributed by atoms with van der Waals surface area (Å²) in [4.78, 5) is 10.9. The van der Waals surface area contributed by atoms with Crippen LogP contribution in [0, 0.1) is 0 Å². The van der Waals surface area contributed by atoms with Gasteiger partial charge in [0.1, 0.15) is 5.75 Å². The fourth-order valence-corrected chi connectivity index (χ4v) is 1.43. The summed E-state index contributed by atoms with van der Waals surface area (Å²) in [7, 11) is 0.